The molecule has 0 N–H and O–H groups in total. The molecule has 6 heteroatoms. The van der Waals surface area contributed by atoms with Crippen LogP contribution in [-0.4, -0.2) is 9.78 Å². The first-order chi connectivity index (χ1) is 8.45. The van der Waals surface area contributed by atoms with Gasteiger partial charge in [-0.2, -0.15) is 5.10 Å². The molecule has 2 aromatic rings. The smallest absolute Gasteiger partial charge is 0.152 e. The van der Waals surface area contributed by atoms with Crippen LogP contribution in [0, 0.1) is 25.5 Å². The SMILES string of the molecule is Cc1nn(-c2c(F)cc(CBr)cc2F)c(C)c1Br. The van der Waals surface area contributed by atoms with Crippen LogP contribution in [0.5, 0.6) is 0 Å². The molecule has 18 heavy (non-hydrogen) atoms. The summed E-state index contributed by atoms with van der Waals surface area (Å²) in [7, 11) is 0. The Labute approximate surface area is 120 Å². The van der Waals surface area contributed by atoms with Crippen molar-refractivity contribution in [3.05, 3.63) is 45.2 Å². The van der Waals surface area contributed by atoms with Gasteiger partial charge in [0.15, 0.2) is 11.6 Å². The van der Waals surface area contributed by atoms with Crippen LogP contribution in [0.1, 0.15) is 17.0 Å². The summed E-state index contributed by atoms with van der Waals surface area (Å²) in [6.45, 7) is 3.53. The molecule has 2 nitrogen and oxygen atoms in total. The van der Waals surface area contributed by atoms with Gasteiger partial charge in [0.1, 0.15) is 5.69 Å². The van der Waals surface area contributed by atoms with Crippen molar-refractivity contribution < 1.29 is 8.78 Å². The van der Waals surface area contributed by atoms with Crippen LogP contribution in [0.15, 0.2) is 16.6 Å². The average Bonchev–Trinajstić information content (AvgIpc) is 2.56. The van der Waals surface area contributed by atoms with Crippen molar-refractivity contribution in [3.8, 4) is 5.69 Å². The van der Waals surface area contributed by atoms with Crippen LogP contribution in [0.3, 0.4) is 0 Å². The Hall–Kier alpha value is -0.750. The number of hydrogen-bond donors (Lipinski definition) is 0. The summed E-state index contributed by atoms with van der Waals surface area (Å²) in [6, 6.07) is 2.61. The van der Waals surface area contributed by atoms with Crippen molar-refractivity contribution in [2.45, 2.75) is 19.2 Å². The van der Waals surface area contributed by atoms with Gasteiger partial charge < -0.3 is 0 Å². The summed E-state index contributed by atoms with van der Waals surface area (Å²) in [5, 5.41) is 4.54. The van der Waals surface area contributed by atoms with Crippen molar-refractivity contribution in [3.63, 3.8) is 0 Å². The molecule has 0 fully saturated rings. The van der Waals surface area contributed by atoms with Crippen LogP contribution >= 0.6 is 31.9 Å². The summed E-state index contributed by atoms with van der Waals surface area (Å²) in [4.78, 5) is 0. The van der Waals surface area contributed by atoms with Crippen molar-refractivity contribution in [1.29, 1.82) is 0 Å². The van der Waals surface area contributed by atoms with Gasteiger partial charge in [0, 0.05) is 5.33 Å². The van der Waals surface area contributed by atoms with E-state index in [1.54, 1.807) is 13.8 Å². The van der Waals surface area contributed by atoms with Gasteiger partial charge in [-0.1, -0.05) is 15.9 Å². The predicted molar refractivity (Wildman–Crippen MR) is 73.3 cm³/mol. The minimum atomic E-state index is -0.623. The first-order valence-corrected chi connectivity index (χ1v) is 7.13. The van der Waals surface area contributed by atoms with Crippen LogP contribution in [0.25, 0.3) is 5.69 Å². The Balaban J connectivity index is 2.67. The number of rotatable bonds is 2. The molecule has 0 atom stereocenters. The molecule has 0 saturated heterocycles. The molecule has 96 valence electrons. The fraction of sp³-hybridized carbons (Fsp3) is 0.250. The summed E-state index contributed by atoms with van der Waals surface area (Å²) in [5.74, 6) is -1.25. The molecule has 0 amide bonds. The molecular weight excluding hydrogens is 370 g/mol. The van der Waals surface area contributed by atoms with E-state index in [0.29, 0.717) is 22.3 Å². The van der Waals surface area contributed by atoms with Gasteiger partial charge in [-0.15, -0.1) is 0 Å². The second-order valence-corrected chi connectivity index (χ2v) is 5.29. The Morgan fingerprint density at radius 2 is 1.78 bits per heavy atom. The summed E-state index contributed by atoms with van der Waals surface area (Å²) in [6.07, 6.45) is 0. The van der Waals surface area contributed by atoms with E-state index in [2.05, 4.69) is 37.0 Å². The standard InChI is InChI=1S/C12H10Br2F2N2/c1-6-11(14)7(2)18(17-6)12-9(15)3-8(5-13)4-10(12)16/h3-4H,5H2,1-2H3. The molecule has 1 aromatic heterocycles. The van der Waals surface area contributed by atoms with Crippen LogP contribution in [-0.2, 0) is 5.33 Å². The van der Waals surface area contributed by atoms with Crippen molar-refractivity contribution >= 4 is 31.9 Å². The Kier molecular flexibility index (Phi) is 3.87. The third-order valence-corrected chi connectivity index (χ3v) is 4.44. The highest BCUT2D eigenvalue weighted by atomic mass is 79.9. The maximum Gasteiger partial charge on any atom is 0.152 e. The molecular formula is C12H10Br2F2N2. The second kappa shape index (κ2) is 5.09. The van der Waals surface area contributed by atoms with Gasteiger partial charge in [-0.05, 0) is 47.5 Å². The van der Waals surface area contributed by atoms with E-state index in [1.165, 1.54) is 16.8 Å². The normalized spacial score (nSPS) is 11.0. The van der Waals surface area contributed by atoms with E-state index in [0.717, 1.165) is 4.47 Å². The Bertz CT molecular complexity index is 585. The molecule has 0 aliphatic heterocycles. The maximum absolute atomic E-state index is 14.0. The van der Waals surface area contributed by atoms with Crippen LogP contribution in [0.4, 0.5) is 8.78 Å². The third-order valence-electron chi connectivity index (χ3n) is 2.65. The van der Waals surface area contributed by atoms with Crippen molar-refractivity contribution in [2.75, 3.05) is 0 Å². The fourth-order valence-corrected chi connectivity index (χ4v) is 2.31. The number of benzene rings is 1. The van der Waals surface area contributed by atoms with E-state index in [-0.39, 0.29) is 5.69 Å². The number of aryl methyl sites for hydroxylation is 1. The molecule has 0 aliphatic rings. The largest absolute Gasteiger partial charge is 0.231 e. The first-order valence-electron chi connectivity index (χ1n) is 5.21. The van der Waals surface area contributed by atoms with Crippen LogP contribution < -0.4 is 0 Å². The van der Waals surface area contributed by atoms with Gasteiger partial charge in [-0.25, -0.2) is 13.5 Å². The number of alkyl halides is 1. The lowest BCUT2D eigenvalue weighted by Crippen LogP contribution is -2.06. The maximum atomic E-state index is 14.0. The molecule has 1 heterocycles. The Morgan fingerprint density at radius 3 is 2.17 bits per heavy atom. The second-order valence-electron chi connectivity index (χ2n) is 3.94. The molecule has 0 saturated carbocycles. The lowest BCUT2D eigenvalue weighted by Gasteiger charge is -2.09. The molecule has 0 spiro atoms. The zero-order chi connectivity index (χ0) is 13.4. The lowest BCUT2D eigenvalue weighted by atomic mass is 10.2. The predicted octanol–water partition coefficient (Wildman–Crippen LogP) is 4.42. The van der Waals surface area contributed by atoms with E-state index < -0.39 is 11.6 Å². The zero-order valence-corrected chi connectivity index (χ0v) is 12.9. The van der Waals surface area contributed by atoms with Crippen LogP contribution in [0.2, 0.25) is 0 Å². The summed E-state index contributed by atoms with van der Waals surface area (Å²) >= 11 is 6.51. The lowest BCUT2D eigenvalue weighted by molar-refractivity contribution is 0.555. The van der Waals surface area contributed by atoms with E-state index in [1.807, 2.05) is 0 Å². The molecule has 0 bridgehead atoms. The van der Waals surface area contributed by atoms with E-state index in [9.17, 15) is 8.78 Å². The topological polar surface area (TPSA) is 17.8 Å². The number of nitrogens with zero attached hydrogens (tertiary/aromatic N) is 2. The molecule has 0 aliphatic carbocycles. The quantitative estimate of drug-likeness (QED) is 0.706. The minimum absolute atomic E-state index is 0.147. The van der Waals surface area contributed by atoms with E-state index >= 15 is 0 Å². The summed E-state index contributed by atoms with van der Waals surface area (Å²) in [5.41, 5.74) is 1.76. The van der Waals surface area contributed by atoms with Crippen molar-refractivity contribution in [2.24, 2.45) is 0 Å². The van der Waals surface area contributed by atoms with Gasteiger partial charge in [-0.3, -0.25) is 0 Å². The molecule has 1 aromatic carbocycles. The average molecular weight is 380 g/mol. The molecule has 0 radical (unpaired) electrons. The number of hydrogen-bond acceptors (Lipinski definition) is 1. The highest BCUT2D eigenvalue weighted by Crippen LogP contribution is 2.27. The van der Waals surface area contributed by atoms with E-state index in [4.69, 9.17) is 0 Å². The first kappa shape index (κ1) is 13.7. The summed E-state index contributed by atoms with van der Waals surface area (Å²) < 4.78 is 30.0. The highest BCUT2D eigenvalue weighted by Gasteiger charge is 2.18. The third kappa shape index (κ3) is 2.23. The minimum Gasteiger partial charge on any atom is -0.231 e. The number of aromatic nitrogens is 2. The fourth-order valence-electron chi connectivity index (χ4n) is 1.74. The number of halogens is 4. The monoisotopic (exact) mass is 378 g/mol. The Morgan fingerprint density at radius 1 is 1.22 bits per heavy atom. The highest BCUT2D eigenvalue weighted by molar-refractivity contribution is 9.10. The van der Waals surface area contributed by atoms with Gasteiger partial charge >= 0.3 is 0 Å². The van der Waals surface area contributed by atoms with Crippen molar-refractivity contribution in [1.82, 2.24) is 9.78 Å². The molecule has 2 rings (SSSR count). The zero-order valence-electron chi connectivity index (χ0n) is 9.77. The molecule has 0 unspecified atom stereocenters. The van der Waals surface area contributed by atoms with Gasteiger partial charge in [0.05, 0.1) is 15.9 Å². The van der Waals surface area contributed by atoms with Gasteiger partial charge in [0.25, 0.3) is 0 Å². The van der Waals surface area contributed by atoms with Gasteiger partial charge in [0.2, 0.25) is 0 Å².